The number of hydrogen-bond acceptors (Lipinski definition) is 2. The highest BCUT2D eigenvalue weighted by Gasteiger charge is 2.22. The summed E-state index contributed by atoms with van der Waals surface area (Å²) in [5.41, 5.74) is 5.02. The van der Waals surface area contributed by atoms with Crippen LogP contribution in [0.1, 0.15) is 11.3 Å². The van der Waals surface area contributed by atoms with Gasteiger partial charge in [0.1, 0.15) is 5.75 Å². The van der Waals surface area contributed by atoms with Crippen LogP contribution in [-0.4, -0.2) is 11.7 Å². The largest absolute Gasteiger partial charge is 0.497 e. The third-order valence-electron chi connectivity index (χ3n) is 4.07. The van der Waals surface area contributed by atoms with E-state index < -0.39 is 0 Å². The van der Waals surface area contributed by atoms with Crippen molar-refractivity contribution >= 4 is 22.5 Å². The van der Waals surface area contributed by atoms with Crippen LogP contribution in [-0.2, 0) is 13.1 Å². The molecule has 1 aromatic heterocycles. The fourth-order valence-corrected chi connectivity index (χ4v) is 3.27. The number of fused-ring (bicyclic) bond motifs is 3. The third-order valence-corrected chi connectivity index (χ3v) is 4.30. The fraction of sp³-hybridized carbons (Fsp3) is 0.176. The molecule has 2 aromatic carbocycles. The van der Waals surface area contributed by atoms with Crippen LogP contribution in [0, 0.1) is 0 Å². The molecule has 3 nitrogen and oxygen atoms in total. The molecule has 0 saturated heterocycles. The summed E-state index contributed by atoms with van der Waals surface area (Å²) in [5.74, 6) is 0.869. The highest BCUT2D eigenvalue weighted by Crippen LogP contribution is 2.34. The van der Waals surface area contributed by atoms with Crippen molar-refractivity contribution < 1.29 is 4.74 Å². The van der Waals surface area contributed by atoms with Gasteiger partial charge in [0.2, 0.25) is 0 Å². The quantitative estimate of drug-likeness (QED) is 0.776. The van der Waals surface area contributed by atoms with Gasteiger partial charge in [-0.25, -0.2) is 0 Å². The molecule has 0 amide bonds. The number of aromatic nitrogens is 1. The maximum absolute atomic E-state index is 6.17. The van der Waals surface area contributed by atoms with E-state index in [9.17, 15) is 0 Å². The first-order chi connectivity index (χ1) is 10.3. The molecule has 21 heavy (non-hydrogen) atoms. The van der Waals surface area contributed by atoms with Crippen LogP contribution >= 0.6 is 11.6 Å². The second-order valence-corrected chi connectivity index (χ2v) is 5.66. The van der Waals surface area contributed by atoms with Crippen molar-refractivity contribution in [3.63, 3.8) is 0 Å². The van der Waals surface area contributed by atoms with Crippen LogP contribution in [0.2, 0.25) is 5.02 Å². The summed E-state index contributed by atoms with van der Waals surface area (Å²) in [5, 5.41) is 5.44. The zero-order valence-corrected chi connectivity index (χ0v) is 12.4. The van der Waals surface area contributed by atoms with E-state index in [4.69, 9.17) is 16.3 Å². The number of ether oxygens (including phenoxy) is 1. The van der Waals surface area contributed by atoms with Gasteiger partial charge in [0.05, 0.1) is 12.6 Å². The molecule has 0 radical (unpaired) electrons. The van der Waals surface area contributed by atoms with E-state index >= 15 is 0 Å². The number of hydrogen-bond donors (Lipinski definition) is 1. The lowest BCUT2D eigenvalue weighted by Gasteiger charge is -2.10. The summed E-state index contributed by atoms with van der Waals surface area (Å²) in [6.07, 6.45) is 0. The van der Waals surface area contributed by atoms with Crippen molar-refractivity contribution in [2.75, 3.05) is 7.11 Å². The zero-order valence-electron chi connectivity index (χ0n) is 11.7. The topological polar surface area (TPSA) is 26.2 Å². The Morgan fingerprint density at radius 2 is 1.90 bits per heavy atom. The van der Waals surface area contributed by atoms with Crippen LogP contribution in [0.3, 0.4) is 0 Å². The molecule has 0 bridgehead atoms. The van der Waals surface area contributed by atoms with Crippen molar-refractivity contribution in [3.8, 4) is 11.4 Å². The van der Waals surface area contributed by atoms with Gasteiger partial charge in [0.15, 0.2) is 0 Å². The minimum Gasteiger partial charge on any atom is -0.497 e. The predicted molar refractivity (Wildman–Crippen MR) is 85.4 cm³/mol. The number of rotatable bonds is 2. The van der Waals surface area contributed by atoms with Crippen LogP contribution in [0.25, 0.3) is 16.6 Å². The number of benzene rings is 2. The van der Waals surface area contributed by atoms with Crippen molar-refractivity contribution in [2.45, 2.75) is 13.1 Å². The Bertz CT molecular complexity index is 821. The monoisotopic (exact) mass is 298 g/mol. The molecule has 1 aliphatic rings. The summed E-state index contributed by atoms with van der Waals surface area (Å²) in [7, 11) is 1.68. The summed E-state index contributed by atoms with van der Waals surface area (Å²) < 4.78 is 7.55. The van der Waals surface area contributed by atoms with E-state index in [2.05, 4.69) is 34.1 Å². The zero-order chi connectivity index (χ0) is 14.4. The molecule has 3 aromatic rings. The van der Waals surface area contributed by atoms with Crippen molar-refractivity contribution in [1.29, 1.82) is 0 Å². The molecule has 0 spiro atoms. The average molecular weight is 299 g/mol. The Kier molecular flexibility index (Phi) is 2.91. The molecule has 4 rings (SSSR count). The first-order valence-electron chi connectivity index (χ1n) is 6.95. The number of nitrogens with zero attached hydrogens (tertiary/aromatic N) is 1. The highest BCUT2D eigenvalue weighted by molar-refractivity contribution is 6.31. The van der Waals surface area contributed by atoms with E-state index in [1.165, 1.54) is 22.2 Å². The fourth-order valence-electron chi connectivity index (χ4n) is 3.10. The minimum absolute atomic E-state index is 0.782. The molecule has 0 atom stereocenters. The summed E-state index contributed by atoms with van der Waals surface area (Å²) >= 11 is 6.17. The van der Waals surface area contributed by atoms with Crippen LogP contribution in [0.5, 0.6) is 5.75 Å². The molecular formula is C17H15ClN2O. The van der Waals surface area contributed by atoms with Gasteiger partial charge in [-0.3, -0.25) is 0 Å². The standard InChI is InChI=1S/C17H15ClN2O/c1-21-13-5-3-12(4-6-13)20-16-7-2-11(18)8-14(16)15-9-19-10-17(15)20/h2-8,19H,9-10H2,1H3. The molecule has 1 N–H and O–H groups in total. The molecule has 2 heterocycles. The summed E-state index contributed by atoms with van der Waals surface area (Å²) in [4.78, 5) is 0. The van der Waals surface area contributed by atoms with E-state index in [0.29, 0.717) is 0 Å². The maximum atomic E-state index is 6.17. The summed E-state index contributed by atoms with van der Waals surface area (Å²) in [6, 6.07) is 14.3. The van der Waals surface area contributed by atoms with E-state index in [1.54, 1.807) is 7.11 Å². The average Bonchev–Trinajstić information content (AvgIpc) is 3.08. The molecule has 0 aliphatic carbocycles. The van der Waals surface area contributed by atoms with Gasteiger partial charge in [-0.2, -0.15) is 0 Å². The first kappa shape index (κ1) is 12.7. The van der Waals surface area contributed by atoms with E-state index in [0.717, 1.165) is 29.5 Å². The van der Waals surface area contributed by atoms with E-state index in [1.807, 2.05) is 18.2 Å². The Balaban J connectivity index is 1.99. The maximum Gasteiger partial charge on any atom is 0.119 e. The smallest absolute Gasteiger partial charge is 0.119 e. The number of halogens is 1. The highest BCUT2D eigenvalue weighted by atomic mass is 35.5. The number of methoxy groups -OCH3 is 1. The lowest BCUT2D eigenvalue weighted by atomic mass is 10.1. The van der Waals surface area contributed by atoms with Crippen molar-refractivity contribution in [1.82, 2.24) is 9.88 Å². The predicted octanol–water partition coefficient (Wildman–Crippen LogP) is 3.90. The SMILES string of the molecule is COc1ccc(-n2c3c(c4cc(Cl)ccc42)CNC3)cc1. The van der Waals surface area contributed by atoms with Crippen molar-refractivity contribution in [3.05, 3.63) is 58.7 Å². The van der Waals surface area contributed by atoms with Gasteiger partial charge in [-0.15, -0.1) is 0 Å². The lowest BCUT2D eigenvalue weighted by Crippen LogP contribution is -2.06. The first-order valence-corrected chi connectivity index (χ1v) is 7.32. The number of nitrogens with one attached hydrogen (secondary N) is 1. The Hall–Kier alpha value is -1.97. The van der Waals surface area contributed by atoms with Gasteiger partial charge in [0.25, 0.3) is 0 Å². The van der Waals surface area contributed by atoms with Gasteiger partial charge in [-0.05, 0) is 48.0 Å². The summed E-state index contributed by atoms with van der Waals surface area (Å²) in [6.45, 7) is 1.78. The normalized spacial score (nSPS) is 13.6. The van der Waals surface area contributed by atoms with Crippen LogP contribution in [0.15, 0.2) is 42.5 Å². The molecular weight excluding hydrogens is 284 g/mol. The van der Waals surface area contributed by atoms with Gasteiger partial charge in [0, 0.05) is 34.9 Å². The molecule has 4 heteroatoms. The van der Waals surface area contributed by atoms with Crippen LogP contribution < -0.4 is 10.1 Å². The Morgan fingerprint density at radius 1 is 1.10 bits per heavy atom. The molecule has 0 unspecified atom stereocenters. The molecule has 0 fully saturated rings. The van der Waals surface area contributed by atoms with Gasteiger partial charge in [-0.1, -0.05) is 11.6 Å². The Labute approximate surface area is 128 Å². The molecule has 1 aliphatic heterocycles. The lowest BCUT2D eigenvalue weighted by molar-refractivity contribution is 0.415. The van der Waals surface area contributed by atoms with E-state index in [-0.39, 0.29) is 0 Å². The second-order valence-electron chi connectivity index (χ2n) is 5.22. The Morgan fingerprint density at radius 3 is 2.67 bits per heavy atom. The minimum atomic E-state index is 0.782. The van der Waals surface area contributed by atoms with Crippen LogP contribution in [0.4, 0.5) is 0 Å². The van der Waals surface area contributed by atoms with Gasteiger partial charge < -0.3 is 14.6 Å². The molecule has 0 saturated carbocycles. The second kappa shape index (κ2) is 4.79. The van der Waals surface area contributed by atoms with Gasteiger partial charge >= 0.3 is 0 Å². The van der Waals surface area contributed by atoms with Crippen molar-refractivity contribution in [2.24, 2.45) is 0 Å². The molecule has 106 valence electrons. The third kappa shape index (κ3) is 1.93.